The lowest BCUT2D eigenvalue weighted by Crippen LogP contribution is -2.37. The second-order valence-corrected chi connectivity index (χ2v) is 6.22. The summed E-state index contributed by atoms with van der Waals surface area (Å²) in [5.41, 5.74) is 0.823. The van der Waals surface area contributed by atoms with Crippen LogP contribution in [0.1, 0.15) is 12.8 Å². The van der Waals surface area contributed by atoms with Crippen molar-refractivity contribution in [1.29, 1.82) is 0 Å². The number of nitrogens with zero attached hydrogens (tertiary/aromatic N) is 2. The number of aromatic nitrogens is 2. The van der Waals surface area contributed by atoms with Crippen molar-refractivity contribution in [2.24, 2.45) is 0 Å². The maximum atomic E-state index is 12.3. The highest BCUT2D eigenvalue weighted by Gasteiger charge is 2.17. The Balaban J connectivity index is 1.78. The summed E-state index contributed by atoms with van der Waals surface area (Å²) in [6.07, 6.45) is 1.98. The van der Waals surface area contributed by atoms with E-state index in [1.807, 2.05) is 12.1 Å². The number of carbonyl (C=O) groups is 1. The van der Waals surface area contributed by atoms with Gasteiger partial charge in [0.15, 0.2) is 5.75 Å². The van der Waals surface area contributed by atoms with Gasteiger partial charge in [-0.1, -0.05) is 0 Å². The van der Waals surface area contributed by atoms with Crippen molar-refractivity contribution in [3.8, 4) is 22.8 Å². The quantitative estimate of drug-likeness (QED) is 0.785. The van der Waals surface area contributed by atoms with Crippen LogP contribution in [0.25, 0.3) is 11.3 Å². The number of amides is 1. The maximum Gasteiger partial charge on any atom is 0.270 e. The lowest BCUT2D eigenvalue weighted by Gasteiger charge is -2.13. The molecule has 27 heavy (non-hydrogen) atoms. The molecule has 1 amide bonds. The summed E-state index contributed by atoms with van der Waals surface area (Å²) in [7, 11) is 3.06. The third kappa shape index (κ3) is 4.65. The lowest BCUT2D eigenvalue weighted by molar-refractivity contribution is -0.122. The SMILES string of the molecule is COc1ccc(-c2nn(CC(=O)NCC3CCCO3)c(=O)cc2OC)cc1. The van der Waals surface area contributed by atoms with Crippen molar-refractivity contribution in [1.82, 2.24) is 15.1 Å². The fraction of sp³-hybridized carbons (Fsp3) is 0.421. The standard InChI is InChI=1S/C19H23N3O5/c1-25-14-7-5-13(6-8-14)19-16(26-2)10-18(24)22(21-19)12-17(23)20-11-15-4-3-9-27-15/h5-8,10,15H,3-4,9,11-12H2,1-2H3,(H,20,23). The Bertz CT molecular complexity index is 841. The fourth-order valence-corrected chi connectivity index (χ4v) is 2.92. The lowest BCUT2D eigenvalue weighted by atomic mass is 10.1. The largest absolute Gasteiger partial charge is 0.497 e. The van der Waals surface area contributed by atoms with Crippen molar-refractivity contribution in [2.75, 3.05) is 27.4 Å². The van der Waals surface area contributed by atoms with Gasteiger partial charge in [0.25, 0.3) is 5.56 Å². The average Bonchev–Trinajstić information content (AvgIpc) is 3.21. The summed E-state index contributed by atoms with van der Waals surface area (Å²) in [6.45, 7) is 0.999. The molecule has 1 aliphatic rings. The molecule has 8 nitrogen and oxygen atoms in total. The van der Waals surface area contributed by atoms with Gasteiger partial charge >= 0.3 is 0 Å². The molecular formula is C19H23N3O5. The zero-order valence-electron chi connectivity index (χ0n) is 15.4. The first-order valence-corrected chi connectivity index (χ1v) is 8.79. The van der Waals surface area contributed by atoms with E-state index in [1.54, 1.807) is 19.2 Å². The molecule has 2 aromatic rings. The summed E-state index contributed by atoms with van der Waals surface area (Å²) in [5, 5.41) is 7.13. The topological polar surface area (TPSA) is 91.7 Å². The van der Waals surface area contributed by atoms with E-state index in [0.717, 1.165) is 29.7 Å². The Morgan fingerprint density at radius 3 is 2.70 bits per heavy atom. The molecule has 0 spiro atoms. The van der Waals surface area contributed by atoms with Crippen LogP contribution in [0.2, 0.25) is 0 Å². The summed E-state index contributed by atoms with van der Waals surface area (Å²) < 4.78 is 17.1. The second-order valence-electron chi connectivity index (χ2n) is 6.22. The molecular weight excluding hydrogens is 350 g/mol. The van der Waals surface area contributed by atoms with Crippen LogP contribution in [-0.2, 0) is 16.1 Å². The molecule has 0 aliphatic carbocycles. The molecule has 0 saturated carbocycles. The van der Waals surface area contributed by atoms with Crippen molar-refractivity contribution >= 4 is 5.91 Å². The van der Waals surface area contributed by atoms with Crippen molar-refractivity contribution in [3.05, 3.63) is 40.7 Å². The highest BCUT2D eigenvalue weighted by Crippen LogP contribution is 2.27. The van der Waals surface area contributed by atoms with Crippen LogP contribution in [0.15, 0.2) is 35.1 Å². The van der Waals surface area contributed by atoms with Gasteiger partial charge < -0.3 is 19.5 Å². The average molecular weight is 373 g/mol. The Kier molecular flexibility index (Phi) is 6.08. The molecule has 1 N–H and O–H groups in total. The maximum absolute atomic E-state index is 12.3. The zero-order valence-corrected chi connectivity index (χ0v) is 15.4. The number of ether oxygens (including phenoxy) is 3. The summed E-state index contributed by atoms with van der Waals surface area (Å²) >= 11 is 0. The molecule has 1 atom stereocenters. The van der Waals surface area contributed by atoms with Gasteiger partial charge in [0.2, 0.25) is 5.91 Å². The van der Waals surface area contributed by atoms with Gasteiger partial charge in [-0.2, -0.15) is 5.10 Å². The normalized spacial score (nSPS) is 16.1. The molecule has 3 rings (SSSR count). The number of rotatable bonds is 7. The van der Waals surface area contributed by atoms with Gasteiger partial charge in [0.1, 0.15) is 18.0 Å². The van der Waals surface area contributed by atoms with Gasteiger partial charge in [0, 0.05) is 24.8 Å². The Morgan fingerprint density at radius 1 is 1.30 bits per heavy atom. The van der Waals surface area contributed by atoms with Crippen LogP contribution in [0, 0.1) is 0 Å². The highest BCUT2D eigenvalue weighted by atomic mass is 16.5. The molecule has 0 radical (unpaired) electrons. The van der Waals surface area contributed by atoms with Gasteiger partial charge in [-0.15, -0.1) is 0 Å². The summed E-state index contributed by atoms with van der Waals surface area (Å²) in [5.74, 6) is 0.770. The van der Waals surface area contributed by atoms with Crippen molar-refractivity contribution in [2.45, 2.75) is 25.5 Å². The van der Waals surface area contributed by atoms with E-state index in [0.29, 0.717) is 23.7 Å². The predicted octanol–water partition coefficient (Wildman–Crippen LogP) is 1.22. The highest BCUT2D eigenvalue weighted by molar-refractivity contribution is 5.75. The van der Waals surface area contributed by atoms with Crippen LogP contribution in [0.3, 0.4) is 0 Å². The van der Waals surface area contributed by atoms with E-state index in [4.69, 9.17) is 14.2 Å². The fourth-order valence-electron chi connectivity index (χ4n) is 2.92. The minimum absolute atomic E-state index is 0.0457. The Labute approximate surface area is 157 Å². The zero-order chi connectivity index (χ0) is 19.2. The monoisotopic (exact) mass is 373 g/mol. The molecule has 144 valence electrons. The van der Waals surface area contributed by atoms with Crippen molar-refractivity contribution in [3.63, 3.8) is 0 Å². The van der Waals surface area contributed by atoms with E-state index in [1.165, 1.54) is 13.2 Å². The first-order valence-electron chi connectivity index (χ1n) is 8.79. The van der Waals surface area contributed by atoms with E-state index in [9.17, 15) is 9.59 Å². The Hall–Kier alpha value is -2.87. The first kappa shape index (κ1) is 18.9. The van der Waals surface area contributed by atoms with Gasteiger partial charge in [-0.25, -0.2) is 4.68 Å². The summed E-state index contributed by atoms with van der Waals surface area (Å²) in [6, 6.07) is 8.55. The molecule has 1 aliphatic heterocycles. The molecule has 1 aromatic heterocycles. The van der Waals surface area contributed by atoms with Gasteiger partial charge in [0.05, 0.1) is 20.3 Å². The summed E-state index contributed by atoms with van der Waals surface area (Å²) in [4.78, 5) is 24.5. The van der Waals surface area contributed by atoms with Crippen LogP contribution in [0.5, 0.6) is 11.5 Å². The van der Waals surface area contributed by atoms with E-state index >= 15 is 0 Å². The smallest absolute Gasteiger partial charge is 0.270 e. The van der Waals surface area contributed by atoms with Crippen LogP contribution in [-0.4, -0.2) is 49.2 Å². The first-order chi connectivity index (χ1) is 13.1. The molecule has 1 saturated heterocycles. The number of methoxy groups -OCH3 is 2. The molecule has 1 fully saturated rings. The van der Waals surface area contributed by atoms with E-state index in [-0.39, 0.29) is 18.6 Å². The minimum Gasteiger partial charge on any atom is -0.497 e. The van der Waals surface area contributed by atoms with Crippen LogP contribution in [0.4, 0.5) is 0 Å². The van der Waals surface area contributed by atoms with Gasteiger partial charge in [-0.3, -0.25) is 9.59 Å². The molecule has 8 heteroatoms. The minimum atomic E-state index is -0.406. The predicted molar refractivity (Wildman–Crippen MR) is 99.0 cm³/mol. The molecule has 2 heterocycles. The molecule has 0 bridgehead atoms. The number of benzene rings is 1. The van der Waals surface area contributed by atoms with Crippen molar-refractivity contribution < 1.29 is 19.0 Å². The third-order valence-electron chi connectivity index (χ3n) is 4.39. The molecule has 1 aromatic carbocycles. The number of carbonyl (C=O) groups excluding carboxylic acids is 1. The third-order valence-corrected chi connectivity index (χ3v) is 4.39. The van der Waals surface area contributed by atoms with Gasteiger partial charge in [-0.05, 0) is 37.1 Å². The van der Waals surface area contributed by atoms with E-state index < -0.39 is 5.56 Å². The Morgan fingerprint density at radius 2 is 2.07 bits per heavy atom. The number of nitrogens with one attached hydrogen (secondary N) is 1. The molecule has 1 unspecified atom stereocenters. The van der Waals surface area contributed by atoms with Crippen LogP contribution < -0.4 is 20.3 Å². The van der Waals surface area contributed by atoms with E-state index in [2.05, 4.69) is 10.4 Å². The van der Waals surface area contributed by atoms with Crippen LogP contribution >= 0.6 is 0 Å². The second kappa shape index (κ2) is 8.68. The number of hydrogen-bond donors (Lipinski definition) is 1. The number of hydrogen-bond acceptors (Lipinski definition) is 6.